The van der Waals surface area contributed by atoms with Crippen LogP contribution in [0.2, 0.25) is 0 Å². The van der Waals surface area contributed by atoms with Crippen molar-refractivity contribution in [2.45, 2.75) is 13.1 Å². The van der Waals surface area contributed by atoms with Crippen molar-refractivity contribution in [1.82, 2.24) is 4.98 Å². The molecule has 0 radical (unpaired) electrons. The van der Waals surface area contributed by atoms with Crippen LogP contribution in [0.5, 0.6) is 0 Å². The van der Waals surface area contributed by atoms with Gasteiger partial charge < -0.3 is 0 Å². The highest BCUT2D eigenvalue weighted by atomic mass is 19.4. The highest BCUT2D eigenvalue weighted by Crippen LogP contribution is 2.35. The topological polar surface area (TPSA) is 12.9 Å². The summed E-state index contributed by atoms with van der Waals surface area (Å²) in [4.78, 5) is 2.38. The first-order chi connectivity index (χ1) is 9.62. The van der Waals surface area contributed by atoms with Crippen molar-refractivity contribution in [3.05, 3.63) is 52.9 Å². The van der Waals surface area contributed by atoms with Gasteiger partial charge in [-0.15, -0.1) is 0 Å². The molecule has 0 aliphatic rings. The van der Waals surface area contributed by atoms with Gasteiger partial charge in [0.05, 0.1) is 11.1 Å². The standard InChI is InChI=1S/C13H6F7N/c1-5-4-6(13(18,19)20)2-3-7(5)8-9(14)11(16)21-12(17)10(8)15/h2-4H,1H3. The first-order valence-corrected chi connectivity index (χ1v) is 5.51. The highest BCUT2D eigenvalue weighted by Gasteiger charge is 2.31. The van der Waals surface area contributed by atoms with E-state index in [1.165, 1.54) is 0 Å². The molecule has 112 valence electrons. The predicted octanol–water partition coefficient (Wildman–Crippen LogP) is 4.63. The average molecular weight is 309 g/mol. The number of rotatable bonds is 1. The Bertz CT molecular complexity index is 680. The Balaban J connectivity index is 2.69. The van der Waals surface area contributed by atoms with Crippen LogP contribution < -0.4 is 0 Å². The molecule has 1 aromatic carbocycles. The van der Waals surface area contributed by atoms with Crippen LogP contribution in [0.3, 0.4) is 0 Å². The molecule has 0 saturated carbocycles. The molecule has 2 aromatic rings. The van der Waals surface area contributed by atoms with Gasteiger partial charge in [0.15, 0.2) is 11.6 Å². The second-order valence-electron chi connectivity index (χ2n) is 4.22. The van der Waals surface area contributed by atoms with Crippen LogP contribution in [-0.2, 0) is 6.18 Å². The van der Waals surface area contributed by atoms with E-state index < -0.39 is 46.4 Å². The maximum Gasteiger partial charge on any atom is 0.416 e. The third kappa shape index (κ3) is 2.70. The molecule has 0 atom stereocenters. The summed E-state index contributed by atoms with van der Waals surface area (Å²) in [5, 5.41) is 0. The summed E-state index contributed by atoms with van der Waals surface area (Å²) in [6.07, 6.45) is -4.64. The van der Waals surface area contributed by atoms with Gasteiger partial charge in [-0.05, 0) is 30.2 Å². The lowest BCUT2D eigenvalue weighted by Crippen LogP contribution is -2.07. The van der Waals surface area contributed by atoms with Crippen molar-refractivity contribution in [2.24, 2.45) is 0 Å². The molecule has 0 amide bonds. The van der Waals surface area contributed by atoms with Gasteiger partial charge in [0.1, 0.15) is 0 Å². The van der Waals surface area contributed by atoms with Crippen LogP contribution in [0.4, 0.5) is 30.7 Å². The van der Waals surface area contributed by atoms with E-state index in [4.69, 9.17) is 0 Å². The summed E-state index contributed by atoms with van der Waals surface area (Å²) in [5.74, 6) is -7.28. The fourth-order valence-corrected chi connectivity index (χ4v) is 1.84. The molecule has 0 unspecified atom stereocenters. The van der Waals surface area contributed by atoms with Gasteiger partial charge in [0.25, 0.3) is 11.9 Å². The van der Waals surface area contributed by atoms with Crippen molar-refractivity contribution in [3.8, 4) is 11.1 Å². The molecule has 8 heteroatoms. The second kappa shape index (κ2) is 5.01. The van der Waals surface area contributed by atoms with E-state index in [1.807, 2.05) is 0 Å². The van der Waals surface area contributed by atoms with Crippen molar-refractivity contribution < 1.29 is 30.7 Å². The van der Waals surface area contributed by atoms with Crippen LogP contribution in [0.15, 0.2) is 18.2 Å². The average Bonchev–Trinajstić information content (AvgIpc) is 2.37. The number of nitrogens with zero attached hydrogens (tertiary/aromatic N) is 1. The van der Waals surface area contributed by atoms with Crippen molar-refractivity contribution in [3.63, 3.8) is 0 Å². The highest BCUT2D eigenvalue weighted by molar-refractivity contribution is 5.68. The maximum atomic E-state index is 13.6. The molecule has 0 fully saturated rings. The first kappa shape index (κ1) is 15.3. The number of hydrogen-bond acceptors (Lipinski definition) is 1. The molecule has 1 nitrogen and oxygen atoms in total. The van der Waals surface area contributed by atoms with Gasteiger partial charge in [-0.3, -0.25) is 0 Å². The minimum absolute atomic E-state index is 0.187. The monoisotopic (exact) mass is 309 g/mol. The van der Waals surface area contributed by atoms with Crippen LogP contribution >= 0.6 is 0 Å². The van der Waals surface area contributed by atoms with Crippen molar-refractivity contribution in [1.29, 1.82) is 0 Å². The van der Waals surface area contributed by atoms with Crippen molar-refractivity contribution >= 4 is 0 Å². The Morgan fingerprint density at radius 1 is 0.905 bits per heavy atom. The molecular weight excluding hydrogens is 303 g/mol. The number of halogens is 7. The number of aryl methyl sites for hydroxylation is 1. The smallest absolute Gasteiger partial charge is 0.201 e. The zero-order chi connectivity index (χ0) is 15.9. The second-order valence-corrected chi connectivity index (χ2v) is 4.22. The third-order valence-electron chi connectivity index (χ3n) is 2.82. The Morgan fingerprint density at radius 3 is 1.86 bits per heavy atom. The lowest BCUT2D eigenvalue weighted by Gasteiger charge is -2.12. The summed E-state index contributed by atoms with van der Waals surface area (Å²) in [6, 6.07) is 1.94. The Morgan fingerprint density at radius 2 is 1.43 bits per heavy atom. The minimum atomic E-state index is -4.64. The number of pyridine rings is 1. The lowest BCUT2D eigenvalue weighted by atomic mass is 9.98. The lowest BCUT2D eigenvalue weighted by molar-refractivity contribution is -0.137. The predicted molar refractivity (Wildman–Crippen MR) is 59.2 cm³/mol. The maximum absolute atomic E-state index is 13.6. The molecule has 0 saturated heterocycles. The van der Waals surface area contributed by atoms with E-state index in [2.05, 4.69) is 4.98 Å². The fraction of sp³-hybridized carbons (Fsp3) is 0.154. The normalized spacial score (nSPS) is 11.8. The number of hydrogen-bond donors (Lipinski definition) is 0. The molecule has 0 N–H and O–H groups in total. The van der Waals surface area contributed by atoms with Crippen molar-refractivity contribution in [2.75, 3.05) is 0 Å². The van der Waals surface area contributed by atoms with Gasteiger partial charge in [0.2, 0.25) is 0 Å². The molecule has 1 heterocycles. The SMILES string of the molecule is Cc1cc(C(F)(F)F)ccc1-c1c(F)c(F)nc(F)c1F. The van der Waals surface area contributed by atoms with E-state index in [0.717, 1.165) is 13.0 Å². The summed E-state index contributed by atoms with van der Waals surface area (Å²) in [5.41, 5.74) is -2.71. The number of alkyl halides is 3. The van der Waals surface area contributed by atoms with E-state index in [1.54, 1.807) is 0 Å². The molecule has 1 aromatic heterocycles. The van der Waals surface area contributed by atoms with Gasteiger partial charge in [-0.25, -0.2) is 8.78 Å². The summed E-state index contributed by atoms with van der Waals surface area (Å²) >= 11 is 0. The molecule has 0 aliphatic heterocycles. The molecule has 2 rings (SSSR count). The number of benzene rings is 1. The van der Waals surface area contributed by atoms with Gasteiger partial charge in [-0.2, -0.15) is 26.9 Å². The van der Waals surface area contributed by atoms with Crippen LogP contribution in [0.25, 0.3) is 11.1 Å². The largest absolute Gasteiger partial charge is 0.416 e. The van der Waals surface area contributed by atoms with Gasteiger partial charge >= 0.3 is 6.18 Å². The number of aromatic nitrogens is 1. The molecule has 21 heavy (non-hydrogen) atoms. The van der Waals surface area contributed by atoms with Gasteiger partial charge in [-0.1, -0.05) is 6.07 Å². The van der Waals surface area contributed by atoms with E-state index in [-0.39, 0.29) is 5.56 Å². The summed E-state index contributed by atoms with van der Waals surface area (Å²) < 4.78 is 90.8. The molecule has 0 bridgehead atoms. The summed E-state index contributed by atoms with van der Waals surface area (Å²) in [7, 11) is 0. The fourth-order valence-electron chi connectivity index (χ4n) is 1.84. The first-order valence-electron chi connectivity index (χ1n) is 5.51. The Hall–Kier alpha value is -2.12. The molecule has 0 spiro atoms. The summed E-state index contributed by atoms with van der Waals surface area (Å²) in [6.45, 7) is 1.14. The van der Waals surface area contributed by atoms with E-state index in [0.29, 0.717) is 12.1 Å². The quantitative estimate of drug-likeness (QED) is 0.553. The Labute approximate surface area is 114 Å². The van der Waals surface area contributed by atoms with E-state index in [9.17, 15) is 30.7 Å². The van der Waals surface area contributed by atoms with Crippen LogP contribution in [0.1, 0.15) is 11.1 Å². The van der Waals surface area contributed by atoms with Crippen LogP contribution in [-0.4, -0.2) is 4.98 Å². The van der Waals surface area contributed by atoms with E-state index >= 15 is 0 Å². The molecule has 0 aliphatic carbocycles. The van der Waals surface area contributed by atoms with Gasteiger partial charge in [0, 0.05) is 0 Å². The zero-order valence-electron chi connectivity index (χ0n) is 10.3. The third-order valence-corrected chi connectivity index (χ3v) is 2.82. The van der Waals surface area contributed by atoms with Crippen LogP contribution in [0, 0.1) is 30.5 Å². The zero-order valence-corrected chi connectivity index (χ0v) is 10.3. The molecular formula is C13H6F7N. The minimum Gasteiger partial charge on any atom is -0.201 e. The Kier molecular flexibility index (Phi) is 3.65.